The van der Waals surface area contributed by atoms with Gasteiger partial charge in [0.1, 0.15) is 5.82 Å². The minimum atomic E-state index is -1.39. The summed E-state index contributed by atoms with van der Waals surface area (Å²) < 4.78 is 38.7. The van der Waals surface area contributed by atoms with Gasteiger partial charge in [-0.2, -0.15) is 0 Å². The maximum atomic E-state index is 13.0. The van der Waals surface area contributed by atoms with Crippen molar-refractivity contribution in [3.63, 3.8) is 0 Å². The molecule has 0 radical (unpaired) electrons. The molecule has 0 aliphatic carbocycles. The second-order valence-electron chi connectivity index (χ2n) is 2.89. The summed E-state index contributed by atoms with van der Waals surface area (Å²) in [6.07, 6.45) is 0.746. The minimum Gasteiger partial charge on any atom is -0.478 e. The summed E-state index contributed by atoms with van der Waals surface area (Å²) in [5.41, 5.74) is -0.965. The number of aliphatic carboxylic acids is 1. The third-order valence-corrected chi connectivity index (χ3v) is 1.78. The Morgan fingerprint density at radius 1 is 1.27 bits per heavy atom. The van der Waals surface area contributed by atoms with Crippen LogP contribution in [0.15, 0.2) is 17.7 Å². The molecule has 0 spiro atoms. The van der Waals surface area contributed by atoms with Gasteiger partial charge in [-0.25, -0.2) is 18.0 Å². The van der Waals surface area contributed by atoms with Gasteiger partial charge in [-0.3, -0.25) is 0 Å². The SMILES string of the molecule is CC(=Cc1c(F)ccc(F)c1F)C(=O)O. The smallest absolute Gasteiger partial charge is 0.331 e. The highest BCUT2D eigenvalue weighted by Gasteiger charge is 2.13. The van der Waals surface area contributed by atoms with Gasteiger partial charge >= 0.3 is 5.97 Å². The molecule has 0 aliphatic rings. The fourth-order valence-corrected chi connectivity index (χ4v) is 0.953. The summed E-state index contributed by atoms with van der Waals surface area (Å²) in [5, 5.41) is 8.49. The second-order valence-corrected chi connectivity index (χ2v) is 2.89. The van der Waals surface area contributed by atoms with Crippen LogP contribution in [0.2, 0.25) is 0 Å². The molecule has 1 aromatic rings. The molecule has 0 atom stereocenters. The number of carboxylic acid groups (broad SMARTS) is 1. The van der Waals surface area contributed by atoms with Gasteiger partial charge in [0.15, 0.2) is 11.6 Å². The summed E-state index contributed by atoms with van der Waals surface area (Å²) in [7, 11) is 0. The van der Waals surface area contributed by atoms with Gasteiger partial charge in [-0.05, 0) is 25.1 Å². The minimum absolute atomic E-state index is 0.279. The molecular formula is C10H7F3O2. The van der Waals surface area contributed by atoms with Crippen molar-refractivity contribution in [3.8, 4) is 0 Å². The first kappa shape index (κ1) is 11.3. The van der Waals surface area contributed by atoms with Gasteiger partial charge in [0.25, 0.3) is 0 Å². The number of benzene rings is 1. The molecule has 1 aromatic carbocycles. The van der Waals surface area contributed by atoms with E-state index in [-0.39, 0.29) is 5.57 Å². The van der Waals surface area contributed by atoms with E-state index in [0.29, 0.717) is 6.07 Å². The molecule has 0 saturated heterocycles. The first-order chi connectivity index (χ1) is 6.93. The van der Waals surface area contributed by atoms with Crippen LogP contribution in [-0.4, -0.2) is 11.1 Å². The summed E-state index contributed by atoms with van der Waals surface area (Å²) >= 11 is 0. The van der Waals surface area contributed by atoms with Crippen LogP contribution in [0.4, 0.5) is 13.2 Å². The number of hydrogen-bond donors (Lipinski definition) is 1. The number of carboxylic acids is 1. The predicted molar refractivity (Wildman–Crippen MR) is 47.6 cm³/mol. The van der Waals surface area contributed by atoms with Crippen molar-refractivity contribution in [3.05, 3.63) is 40.7 Å². The number of rotatable bonds is 2. The molecule has 0 fully saturated rings. The summed E-state index contributed by atoms with van der Waals surface area (Å²) in [4.78, 5) is 10.4. The Hall–Kier alpha value is -1.78. The molecule has 0 bridgehead atoms. The van der Waals surface area contributed by atoms with E-state index in [2.05, 4.69) is 0 Å². The molecule has 80 valence electrons. The van der Waals surface area contributed by atoms with E-state index >= 15 is 0 Å². The highest BCUT2D eigenvalue weighted by atomic mass is 19.2. The fraction of sp³-hybridized carbons (Fsp3) is 0.100. The van der Waals surface area contributed by atoms with Crippen LogP contribution in [-0.2, 0) is 4.79 Å². The molecule has 0 unspecified atom stereocenters. The molecule has 5 heteroatoms. The third-order valence-electron chi connectivity index (χ3n) is 1.78. The fourth-order valence-electron chi connectivity index (χ4n) is 0.953. The molecule has 0 heterocycles. The van der Waals surface area contributed by atoms with E-state index in [1.54, 1.807) is 0 Å². The van der Waals surface area contributed by atoms with Gasteiger partial charge in [0.05, 0.1) is 0 Å². The van der Waals surface area contributed by atoms with Crippen LogP contribution < -0.4 is 0 Å². The average molecular weight is 216 g/mol. The van der Waals surface area contributed by atoms with Gasteiger partial charge in [0.2, 0.25) is 0 Å². The Morgan fingerprint density at radius 3 is 2.33 bits per heavy atom. The maximum Gasteiger partial charge on any atom is 0.331 e. The Bertz CT molecular complexity index is 439. The zero-order chi connectivity index (χ0) is 11.6. The molecule has 0 aromatic heterocycles. The Morgan fingerprint density at radius 2 is 1.80 bits per heavy atom. The van der Waals surface area contributed by atoms with Crippen molar-refractivity contribution < 1.29 is 23.1 Å². The number of hydrogen-bond acceptors (Lipinski definition) is 1. The van der Waals surface area contributed by atoms with E-state index in [1.807, 2.05) is 0 Å². The zero-order valence-electron chi connectivity index (χ0n) is 7.72. The largest absolute Gasteiger partial charge is 0.478 e. The van der Waals surface area contributed by atoms with E-state index in [0.717, 1.165) is 19.1 Å². The van der Waals surface area contributed by atoms with E-state index < -0.39 is 29.0 Å². The first-order valence-corrected chi connectivity index (χ1v) is 3.98. The number of carbonyl (C=O) groups is 1. The van der Waals surface area contributed by atoms with Crippen LogP contribution >= 0.6 is 0 Å². The van der Waals surface area contributed by atoms with Crippen LogP contribution in [0.3, 0.4) is 0 Å². The molecule has 1 N–H and O–H groups in total. The lowest BCUT2D eigenvalue weighted by atomic mass is 10.1. The highest BCUT2D eigenvalue weighted by molar-refractivity contribution is 5.91. The van der Waals surface area contributed by atoms with Crippen LogP contribution in [0.1, 0.15) is 12.5 Å². The third kappa shape index (κ3) is 2.37. The summed E-state index contributed by atoms with van der Waals surface area (Å²) in [5.74, 6) is -4.94. The molecule has 1 rings (SSSR count). The monoisotopic (exact) mass is 216 g/mol. The van der Waals surface area contributed by atoms with Gasteiger partial charge in [-0.15, -0.1) is 0 Å². The molecule has 0 saturated carbocycles. The lowest BCUT2D eigenvalue weighted by Crippen LogP contribution is -1.99. The highest BCUT2D eigenvalue weighted by Crippen LogP contribution is 2.18. The van der Waals surface area contributed by atoms with Crippen LogP contribution in [0.5, 0.6) is 0 Å². The Kier molecular flexibility index (Phi) is 3.14. The molecule has 0 amide bonds. The molecule has 0 aliphatic heterocycles. The average Bonchev–Trinajstić information content (AvgIpc) is 2.18. The number of halogens is 3. The van der Waals surface area contributed by atoms with Crippen LogP contribution in [0, 0.1) is 17.5 Å². The van der Waals surface area contributed by atoms with E-state index in [1.165, 1.54) is 0 Å². The first-order valence-electron chi connectivity index (χ1n) is 3.98. The van der Waals surface area contributed by atoms with Crippen LogP contribution in [0.25, 0.3) is 6.08 Å². The normalized spacial score (nSPS) is 11.6. The molecule has 15 heavy (non-hydrogen) atoms. The Labute approximate surface area is 83.7 Å². The van der Waals surface area contributed by atoms with E-state index in [4.69, 9.17) is 5.11 Å². The van der Waals surface area contributed by atoms with E-state index in [9.17, 15) is 18.0 Å². The second kappa shape index (κ2) is 4.16. The quantitative estimate of drug-likeness (QED) is 0.609. The molecule has 2 nitrogen and oxygen atoms in total. The van der Waals surface area contributed by atoms with Gasteiger partial charge < -0.3 is 5.11 Å². The van der Waals surface area contributed by atoms with Crippen molar-refractivity contribution in [2.75, 3.05) is 0 Å². The predicted octanol–water partition coefficient (Wildman–Crippen LogP) is 2.59. The maximum absolute atomic E-state index is 13.0. The molecular weight excluding hydrogens is 209 g/mol. The summed E-state index contributed by atoms with van der Waals surface area (Å²) in [6, 6.07) is 1.37. The lowest BCUT2D eigenvalue weighted by molar-refractivity contribution is -0.132. The Balaban J connectivity index is 3.32. The lowest BCUT2D eigenvalue weighted by Gasteiger charge is -2.01. The van der Waals surface area contributed by atoms with Crippen molar-refractivity contribution in [2.45, 2.75) is 6.92 Å². The van der Waals surface area contributed by atoms with Gasteiger partial charge in [-0.1, -0.05) is 0 Å². The zero-order valence-corrected chi connectivity index (χ0v) is 7.72. The van der Waals surface area contributed by atoms with Crippen molar-refractivity contribution in [1.82, 2.24) is 0 Å². The summed E-state index contributed by atoms with van der Waals surface area (Å²) in [6.45, 7) is 1.16. The van der Waals surface area contributed by atoms with Gasteiger partial charge in [0, 0.05) is 11.1 Å². The van der Waals surface area contributed by atoms with Crippen molar-refractivity contribution in [1.29, 1.82) is 0 Å². The topological polar surface area (TPSA) is 37.3 Å². The van der Waals surface area contributed by atoms with Crippen molar-refractivity contribution in [2.24, 2.45) is 0 Å². The standard InChI is InChI=1S/C10H7F3O2/c1-5(10(14)15)4-6-7(11)2-3-8(12)9(6)13/h2-4H,1H3,(H,14,15). The van der Waals surface area contributed by atoms with Crippen molar-refractivity contribution >= 4 is 12.0 Å².